The summed E-state index contributed by atoms with van der Waals surface area (Å²) in [6, 6.07) is 11.4. The average molecular weight is 425 g/mol. The zero-order valence-corrected chi connectivity index (χ0v) is 18.5. The Morgan fingerprint density at radius 2 is 1.84 bits per heavy atom. The van der Waals surface area contributed by atoms with E-state index in [1.807, 2.05) is 30.3 Å². The number of piperidine rings is 1. The number of hydrogen-bond acceptors (Lipinski definition) is 5. The summed E-state index contributed by atoms with van der Waals surface area (Å²) in [7, 11) is 0. The zero-order valence-electron chi connectivity index (χ0n) is 18.5. The molecule has 0 saturated carbocycles. The van der Waals surface area contributed by atoms with Gasteiger partial charge in [-0.25, -0.2) is 0 Å². The van der Waals surface area contributed by atoms with Gasteiger partial charge in [0, 0.05) is 44.2 Å². The van der Waals surface area contributed by atoms with E-state index < -0.39 is 12.2 Å². The lowest BCUT2D eigenvalue weighted by molar-refractivity contribution is -0.114. The highest BCUT2D eigenvalue weighted by atomic mass is 16.5. The van der Waals surface area contributed by atoms with Gasteiger partial charge >= 0.3 is 0 Å². The highest BCUT2D eigenvalue weighted by Gasteiger charge is 2.43. The van der Waals surface area contributed by atoms with E-state index >= 15 is 0 Å². The molecule has 0 radical (unpaired) electrons. The smallest absolute Gasteiger partial charge is 0.221 e. The van der Waals surface area contributed by atoms with Crippen molar-refractivity contribution in [2.45, 2.75) is 57.8 Å². The minimum atomic E-state index is -0.593. The van der Waals surface area contributed by atoms with Crippen LogP contribution < -0.4 is 10.1 Å². The van der Waals surface area contributed by atoms with Crippen LogP contribution in [-0.4, -0.2) is 46.3 Å². The van der Waals surface area contributed by atoms with Gasteiger partial charge in [-0.2, -0.15) is 0 Å². The highest BCUT2D eigenvalue weighted by Crippen LogP contribution is 2.45. The van der Waals surface area contributed by atoms with Crippen LogP contribution in [0.2, 0.25) is 0 Å². The number of fused-ring (bicyclic) bond motifs is 1. The number of carbonyl (C=O) groups excluding carboxylic acids is 1. The van der Waals surface area contributed by atoms with Crippen molar-refractivity contribution in [2.75, 3.05) is 25.0 Å². The second-order valence-electron chi connectivity index (χ2n) is 9.10. The van der Waals surface area contributed by atoms with Crippen molar-refractivity contribution in [1.29, 1.82) is 0 Å². The minimum absolute atomic E-state index is 0.112. The number of carbonyl (C=O) groups is 1. The Morgan fingerprint density at radius 1 is 1.19 bits per heavy atom. The van der Waals surface area contributed by atoms with Gasteiger partial charge in [-0.05, 0) is 67.6 Å². The molecular weight excluding hydrogens is 392 g/mol. The van der Waals surface area contributed by atoms with Gasteiger partial charge < -0.3 is 25.2 Å². The summed E-state index contributed by atoms with van der Waals surface area (Å²) in [5, 5.41) is 24.2. The van der Waals surface area contributed by atoms with Crippen LogP contribution in [0, 0.1) is 13.8 Å². The van der Waals surface area contributed by atoms with Gasteiger partial charge in [0.05, 0.1) is 12.2 Å². The molecule has 6 heteroatoms. The Bertz CT molecular complexity index is 949. The molecule has 1 saturated heterocycles. The van der Waals surface area contributed by atoms with Crippen LogP contribution in [0.1, 0.15) is 60.6 Å². The lowest BCUT2D eigenvalue weighted by Crippen LogP contribution is -2.51. The Kier molecular flexibility index (Phi) is 6.06. The molecule has 2 heterocycles. The quantitative estimate of drug-likeness (QED) is 0.698. The molecule has 31 heavy (non-hydrogen) atoms. The van der Waals surface area contributed by atoms with Crippen LogP contribution >= 0.6 is 0 Å². The van der Waals surface area contributed by atoms with Gasteiger partial charge in [-0.1, -0.05) is 12.1 Å². The van der Waals surface area contributed by atoms with Crippen LogP contribution in [0.15, 0.2) is 36.4 Å². The maximum absolute atomic E-state index is 11.1. The number of nitrogens with one attached hydrogen (secondary N) is 1. The summed E-state index contributed by atoms with van der Waals surface area (Å²) in [5.74, 6) is 0.702. The predicted octanol–water partition coefficient (Wildman–Crippen LogP) is 3.65. The predicted molar refractivity (Wildman–Crippen MR) is 120 cm³/mol. The molecule has 4 rings (SSSR count). The fraction of sp³-hybridized carbons (Fsp3) is 0.480. The van der Waals surface area contributed by atoms with Crippen molar-refractivity contribution < 1.29 is 19.7 Å². The molecule has 2 aliphatic heterocycles. The van der Waals surface area contributed by atoms with Gasteiger partial charge in [0.25, 0.3) is 0 Å². The van der Waals surface area contributed by atoms with Crippen LogP contribution in [-0.2, 0) is 4.79 Å². The Hall–Kier alpha value is -2.41. The van der Waals surface area contributed by atoms with Crippen LogP contribution in [0.5, 0.6) is 5.75 Å². The first-order chi connectivity index (χ1) is 14.7. The lowest BCUT2D eigenvalue weighted by Gasteiger charge is -2.46. The van der Waals surface area contributed by atoms with Crippen molar-refractivity contribution in [3.63, 3.8) is 0 Å². The number of aliphatic hydroxyl groups excluding tert-OH is 2. The Morgan fingerprint density at radius 3 is 2.48 bits per heavy atom. The number of hydrogen-bond donors (Lipinski definition) is 3. The first kappa shape index (κ1) is 21.8. The van der Waals surface area contributed by atoms with Gasteiger partial charge in [-0.15, -0.1) is 0 Å². The fourth-order valence-electron chi connectivity index (χ4n) is 4.69. The summed E-state index contributed by atoms with van der Waals surface area (Å²) in [5.41, 5.74) is 4.46. The number of anilines is 1. The molecule has 3 N–H and O–H groups in total. The van der Waals surface area contributed by atoms with Gasteiger partial charge in [0.2, 0.25) is 5.91 Å². The molecule has 0 aliphatic carbocycles. The molecule has 1 amide bonds. The molecule has 0 bridgehead atoms. The van der Waals surface area contributed by atoms with Gasteiger partial charge in [0.15, 0.2) is 0 Å². The molecule has 1 spiro atoms. The van der Waals surface area contributed by atoms with Crippen molar-refractivity contribution in [1.82, 2.24) is 4.90 Å². The maximum atomic E-state index is 11.1. The largest absolute Gasteiger partial charge is 0.487 e. The second-order valence-corrected chi connectivity index (χ2v) is 9.10. The first-order valence-corrected chi connectivity index (χ1v) is 11.0. The number of nitrogens with zero attached hydrogens (tertiary/aromatic N) is 1. The highest BCUT2D eigenvalue weighted by molar-refractivity contribution is 5.88. The molecule has 2 aromatic carbocycles. The number of aliphatic hydroxyl groups is 2. The fourth-order valence-corrected chi connectivity index (χ4v) is 4.69. The average Bonchev–Trinajstić information content (AvgIpc) is 2.72. The van der Waals surface area contributed by atoms with E-state index in [2.05, 4.69) is 30.1 Å². The van der Waals surface area contributed by atoms with E-state index in [9.17, 15) is 15.0 Å². The standard InChI is InChI=1S/C25H32N2O4/c1-16-12-21-22(29)14-25(31-24(21)13-17(16)2)8-10-27(11-9-25)15-23(30)19-4-6-20(7-5-19)26-18(3)28/h4-7,12-13,22-23,29-30H,8-11,14-15H2,1-3H3,(H,26,28)/t22-,23-/m1/s1. The normalized spacial score (nSPS) is 21.3. The van der Waals surface area contributed by atoms with E-state index in [0.29, 0.717) is 13.0 Å². The zero-order chi connectivity index (χ0) is 22.2. The molecule has 0 aromatic heterocycles. The molecule has 166 valence electrons. The van der Waals surface area contributed by atoms with Crippen molar-refractivity contribution in [3.8, 4) is 5.75 Å². The summed E-state index contributed by atoms with van der Waals surface area (Å²) in [6.07, 6.45) is 1.17. The SMILES string of the molecule is CC(=O)Nc1ccc([C@H](O)CN2CCC3(CC2)C[C@@H](O)c2cc(C)c(C)cc2O3)cc1. The number of ether oxygens (including phenoxy) is 1. The molecule has 0 unspecified atom stereocenters. The Balaban J connectivity index is 1.36. The monoisotopic (exact) mass is 424 g/mol. The van der Waals surface area contributed by atoms with E-state index in [4.69, 9.17) is 4.74 Å². The van der Waals surface area contributed by atoms with E-state index in [-0.39, 0.29) is 11.5 Å². The number of benzene rings is 2. The molecule has 1 fully saturated rings. The summed E-state index contributed by atoms with van der Waals surface area (Å²) < 4.78 is 6.47. The Labute approximate surface area is 183 Å². The third-order valence-electron chi connectivity index (χ3n) is 6.69. The third-order valence-corrected chi connectivity index (χ3v) is 6.69. The van der Waals surface area contributed by atoms with Crippen molar-refractivity contribution in [3.05, 3.63) is 58.7 Å². The second kappa shape index (κ2) is 8.61. The summed E-state index contributed by atoms with van der Waals surface area (Å²) in [6.45, 7) is 7.78. The molecule has 2 aromatic rings. The summed E-state index contributed by atoms with van der Waals surface area (Å²) >= 11 is 0. The van der Waals surface area contributed by atoms with E-state index in [1.165, 1.54) is 18.1 Å². The third kappa shape index (κ3) is 4.76. The number of likely N-dealkylation sites (tertiary alicyclic amines) is 1. The lowest BCUT2D eigenvalue weighted by atomic mass is 9.81. The van der Waals surface area contributed by atoms with Crippen LogP contribution in [0.25, 0.3) is 0 Å². The minimum Gasteiger partial charge on any atom is -0.487 e. The van der Waals surface area contributed by atoms with E-state index in [1.54, 1.807) is 0 Å². The molecular formula is C25H32N2O4. The van der Waals surface area contributed by atoms with Crippen molar-refractivity contribution >= 4 is 11.6 Å². The molecule has 2 atom stereocenters. The topological polar surface area (TPSA) is 82.0 Å². The van der Waals surface area contributed by atoms with Crippen LogP contribution in [0.4, 0.5) is 5.69 Å². The van der Waals surface area contributed by atoms with Crippen molar-refractivity contribution in [2.24, 2.45) is 0 Å². The van der Waals surface area contributed by atoms with Crippen LogP contribution in [0.3, 0.4) is 0 Å². The summed E-state index contributed by atoms with van der Waals surface area (Å²) in [4.78, 5) is 13.4. The van der Waals surface area contributed by atoms with Gasteiger partial charge in [-0.3, -0.25) is 4.79 Å². The number of aryl methyl sites for hydroxylation is 2. The maximum Gasteiger partial charge on any atom is 0.221 e. The molecule has 6 nitrogen and oxygen atoms in total. The van der Waals surface area contributed by atoms with E-state index in [0.717, 1.165) is 48.5 Å². The number of amides is 1. The number of β-amino-alcohol motifs (C(OH)–C–C–N with tert-alkyl or cyclic N) is 1. The first-order valence-electron chi connectivity index (χ1n) is 11.0. The molecule has 2 aliphatic rings. The van der Waals surface area contributed by atoms with Gasteiger partial charge in [0.1, 0.15) is 11.4 Å². The number of rotatable bonds is 4.